The van der Waals surface area contributed by atoms with Crippen molar-refractivity contribution >= 4 is 38.3 Å². The molecule has 0 saturated carbocycles. The molecule has 1 heterocycles. The van der Waals surface area contributed by atoms with Crippen molar-refractivity contribution in [3.8, 4) is 17.0 Å². The minimum Gasteiger partial charge on any atom is -0.493 e. The van der Waals surface area contributed by atoms with Gasteiger partial charge in [-0.25, -0.2) is 4.98 Å². The first-order chi connectivity index (χ1) is 11.7. The number of nitrogens with zero attached hydrogens (tertiary/aromatic N) is 1. The maximum Gasteiger partial charge on any atom is 0.229 e. The quantitative estimate of drug-likeness (QED) is 0.632. The number of hydrogen-bond acceptors (Lipinski definition) is 4. The Morgan fingerprint density at radius 1 is 1.12 bits per heavy atom. The van der Waals surface area contributed by atoms with E-state index < -0.39 is 0 Å². The first kappa shape index (κ1) is 16.7. The average molecular weight is 403 g/mol. The number of aromatic nitrogens is 1. The second-order valence-corrected chi connectivity index (χ2v) is 6.78. The van der Waals surface area contributed by atoms with Crippen LogP contribution in [0.4, 0.5) is 5.13 Å². The van der Waals surface area contributed by atoms with Gasteiger partial charge in [-0.05, 0) is 24.3 Å². The van der Waals surface area contributed by atoms with Crippen LogP contribution in [0.25, 0.3) is 11.3 Å². The van der Waals surface area contributed by atoms with Crippen LogP contribution in [-0.2, 0) is 4.79 Å². The van der Waals surface area contributed by atoms with E-state index in [1.807, 2.05) is 60.0 Å². The van der Waals surface area contributed by atoms with Gasteiger partial charge in [0.05, 0.1) is 18.7 Å². The number of anilines is 1. The van der Waals surface area contributed by atoms with Crippen LogP contribution in [0.15, 0.2) is 64.5 Å². The molecule has 3 rings (SSSR count). The van der Waals surface area contributed by atoms with Crippen LogP contribution in [-0.4, -0.2) is 17.5 Å². The number of thiazole rings is 1. The van der Waals surface area contributed by atoms with Gasteiger partial charge in [-0.1, -0.05) is 46.3 Å². The number of ether oxygens (including phenoxy) is 1. The third-order valence-electron chi connectivity index (χ3n) is 3.23. The maximum absolute atomic E-state index is 12.0. The SMILES string of the molecule is O=C(CCOc1ccccc1)Nc1nc(-c2ccc(Br)cc2)cs1. The summed E-state index contributed by atoms with van der Waals surface area (Å²) < 4.78 is 6.54. The molecular formula is C18H15BrN2O2S. The molecule has 0 spiro atoms. The predicted octanol–water partition coefficient (Wildman–Crippen LogP) is 4.98. The third kappa shape index (κ3) is 4.66. The number of amides is 1. The molecule has 0 atom stereocenters. The summed E-state index contributed by atoms with van der Waals surface area (Å²) in [5.41, 5.74) is 1.87. The Balaban J connectivity index is 1.51. The first-order valence-electron chi connectivity index (χ1n) is 7.40. The predicted molar refractivity (Wildman–Crippen MR) is 100 cm³/mol. The number of carbonyl (C=O) groups excluding carboxylic acids is 1. The molecule has 6 heteroatoms. The topological polar surface area (TPSA) is 51.2 Å². The Morgan fingerprint density at radius 2 is 1.88 bits per heavy atom. The molecule has 0 aliphatic carbocycles. The number of hydrogen-bond donors (Lipinski definition) is 1. The number of nitrogens with one attached hydrogen (secondary N) is 1. The molecule has 1 N–H and O–H groups in total. The minimum atomic E-state index is -0.109. The van der Waals surface area contributed by atoms with E-state index in [4.69, 9.17) is 4.74 Å². The molecule has 1 aromatic heterocycles. The zero-order valence-corrected chi connectivity index (χ0v) is 15.1. The van der Waals surface area contributed by atoms with E-state index in [1.54, 1.807) is 0 Å². The van der Waals surface area contributed by atoms with Crippen molar-refractivity contribution in [3.63, 3.8) is 0 Å². The van der Waals surface area contributed by atoms with Crippen LogP contribution < -0.4 is 10.1 Å². The van der Waals surface area contributed by atoms with Crippen molar-refractivity contribution in [2.45, 2.75) is 6.42 Å². The lowest BCUT2D eigenvalue weighted by Gasteiger charge is -2.05. The Kier molecular flexibility index (Phi) is 5.61. The summed E-state index contributed by atoms with van der Waals surface area (Å²) in [4.78, 5) is 16.4. The van der Waals surface area contributed by atoms with E-state index in [1.165, 1.54) is 11.3 Å². The largest absolute Gasteiger partial charge is 0.493 e. The monoisotopic (exact) mass is 402 g/mol. The summed E-state index contributed by atoms with van der Waals surface area (Å²) in [6, 6.07) is 17.3. The fourth-order valence-corrected chi connectivity index (χ4v) is 3.04. The lowest BCUT2D eigenvalue weighted by Crippen LogP contribution is -2.15. The van der Waals surface area contributed by atoms with Gasteiger partial charge in [0.2, 0.25) is 5.91 Å². The van der Waals surface area contributed by atoms with Gasteiger partial charge in [-0.3, -0.25) is 4.79 Å². The van der Waals surface area contributed by atoms with Crippen molar-refractivity contribution in [2.24, 2.45) is 0 Å². The van der Waals surface area contributed by atoms with Gasteiger partial charge in [-0.2, -0.15) is 0 Å². The van der Waals surface area contributed by atoms with Crippen molar-refractivity contribution in [2.75, 3.05) is 11.9 Å². The molecule has 4 nitrogen and oxygen atoms in total. The minimum absolute atomic E-state index is 0.109. The lowest BCUT2D eigenvalue weighted by molar-refractivity contribution is -0.116. The highest BCUT2D eigenvalue weighted by Crippen LogP contribution is 2.26. The summed E-state index contributed by atoms with van der Waals surface area (Å²) >= 11 is 4.82. The van der Waals surface area contributed by atoms with Gasteiger partial charge in [0.15, 0.2) is 5.13 Å². The van der Waals surface area contributed by atoms with Gasteiger partial charge >= 0.3 is 0 Å². The highest BCUT2D eigenvalue weighted by molar-refractivity contribution is 9.10. The molecule has 1 amide bonds. The average Bonchev–Trinajstić information content (AvgIpc) is 3.05. The van der Waals surface area contributed by atoms with Gasteiger partial charge in [0, 0.05) is 15.4 Å². The standard InChI is InChI=1S/C18H15BrN2O2S/c19-14-8-6-13(7-9-14)16-12-24-18(20-16)21-17(22)10-11-23-15-4-2-1-3-5-15/h1-9,12H,10-11H2,(H,20,21,22). The van der Waals surface area contributed by atoms with Crippen LogP contribution in [0.1, 0.15) is 6.42 Å². The Bertz CT molecular complexity index is 803. The zero-order valence-electron chi connectivity index (χ0n) is 12.7. The van der Waals surface area contributed by atoms with Crippen LogP contribution >= 0.6 is 27.3 Å². The number of para-hydroxylation sites is 1. The molecule has 0 aliphatic rings. The van der Waals surface area contributed by atoms with Gasteiger partial charge < -0.3 is 10.1 Å². The smallest absolute Gasteiger partial charge is 0.229 e. The Morgan fingerprint density at radius 3 is 2.62 bits per heavy atom. The van der Waals surface area contributed by atoms with Crippen molar-refractivity contribution in [1.29, 1.82) is 0 Å². The first-order valence-corrected chi connectivity index (χ1v) is 9.07. The van der Waals surface area contributed by atoms with E-state index in [9.17, 15) is 4.79 Å². The number of rotatable bonds is 6. The van der Waals surface area contributed by atoms with Crippen LogP contribution in [0.2, 0.25) is 0 Å². The Labute approximate surface area is 152 Å². The molecular weight excluding hydrogens is 388 g/mol. The molecule has 122 valence electrons. The van der Waals surface area contributed by atoms with Crippen molar-refractivity contribution in [1.82, 2.24) is 4.98 Å². The summed E-state index contributed by atoms with van der Waals surface area (Å²) in [5.74, 6) is 0.653. The van der Waals surface area contributed by atoms with Crippen LogP contribution in [0.5, 0.6) is 5.75 Å². The number of halogens is 1. The number of carbonyl (C=O) groups is 1. The lowest BCUT2D eigenvalue weighted by atomic mass is 10.2. The van der Waals surface area contributed by atoms with Crippen LogP contribution in [0.3, 0.4) is 0 Å². The molecule has 0 aliphatic heterocycles. The fraction of sp³-hybridized carbons (Fsp3) is 0.111. The Hall–Kier alpha value is -2.18. The molecule has 0 unspecified atom stereocenters. The van der Waals surface area contributed by atoms with Gasteiger partial charge in [-0.15, -0.1) is 11.3 Å². The summed E-state index contributed by atoms with van der Waals surface area (Å²) in [6.45, 7) is 0.334. The third-order valence-corrected chi connectivity index (χ3v) is 4.52. The van der Waals surface area contributed by atoms with E-state index in [0.29, 0.717) is 11.7 Å². The second kappa shape index (κ2) is 8.08. The van der Waals surface area contributed by atoms with Gasteiger partial charge in [0.25, 0.3) is 0 Å². The van der Waals surface area contributed by atoms with E-state index in [0.717, 1.165) is 21.5 Å². The molecule has 3 aromatic rings. The zero-order chi connectivity index (χ0) is 16.8. The van der Waals surface area contributed by atoms with E-state index >= 15 is 0 Å². The molecule has 0 saturated heterocycles. The van der Waals surface area contributed by atoms with Gasteiger partial charge in [0.1, 0.15) is 5.75 Å². The molecule has 0 radical (unpaired) electrons. The fourth-order valence-electron chi connectivity index (χ4n) is 2.04. The molecule has 2 aromatic carbocycles. The maximum atomic E-state index is 12.0. The molecule has 24 heavy (non-hydrogen) atoms. The van der Waals surface area contributed by atoms with Crippen molar-refractivity contribution in [3.05, 3.63) is 64.5 Å². The highest BCUT2D eigenvalue weighted by atomic mass is 79.9. The number of benzene rings is 2. The van der Waals surface area contributed by atoms with E-state index in [-0.39, 0.29) is 12.3 Å². The van der Waals surface area contributed by atoms with Crippen molar-refractivity contribution < 1.29 is 9.53 Å². The normalized spacial score (nSPS) is 10.4. The summed E-state index contributed by atoms with van der Waals surface area (Å²) in [5, 5.41) is 5.33. The summed E-state index contributed by atoms with van der Waals surface area (Å²) in [7, 11) is 0. The van der Waals surface area contributed by atoms with Crippen LogP contribution in [0, 0.1) is 0 Å². The molecule has 0 bridgehead atoms. The molecule has 0 fully saturated rings. The summed E-state index contributed by atoms with van der Waals surface area (Å²) in [6.07, 6.45) is 0.280. The second-order valence-electron chi connectivity index (χ2n) is 5.00. The van der Waals surface area contributed by atoms with E-state index in [2.05, 4.69) is 26.2 Å². The highest BCUT2D eigenvalue weighted by Gasteiger charge is 2.08.